The first kappa shape index (κ1) is 19.2. The molecule has 0 unspecified atom stereocenters. The molecule has 7 nitrogen and oxygen atoms in total. The van der Waals surface area contributed by atoms with Gasteiger partial charge in [0.1, 0.15) is 5.75 Å². The number of carbonyl (C=O) groups is 1. The van der Waals surface area contributed by atoms with Gasteiger partial charge in [-0.1, -0.05) is 48.2 Å². The maximum Gasteiger partial charge on any atom is 0.231 e. The number of nitrogens with zero attached hydrogens (tertiary/aromatic N) is 4. The van der Waals surface area contributed by atoms with E-state index in [9.17, 15) is 9.90 Å². The molecule has 0 spiro atoms. The molecule has 146 valence electrons. The van der Waals surface area contributed by atoms with Crippen molar-refractivity contribution in [3.8, 4) is 11.4 Å². The normalized spacial score (nSPS) is 11.9. The van der Waals surface area contributed by atoms with Crippen LogP contribution in [-0.4, -0.2) is 37.0 Å². The van der Waals surface area contributed by atoms with Gasteiger partial charge in [0, 0.05) is 4.88 Å². The number of tetrazole rings is 1. The van der Waals surface area contributed by atoms with Crippen LogP contribution in [0.4, 0.5) is 0 Å². The maximum absolute atomic E-state index is 12.7. The lowest BCUT2D eigenvalue weighted by molar-refractivity contribution is -0.119. The summed E-state index contributed by atoms with van der Waals surface area (Å²) in [4.78, 5) is 13.7. The summed E-state index contributed by atoms with van der Waals surface area (Å²) in [7, 11) is 0. The van der Waals surface area contributed by atoms with Gasteiger partial charge in [0.15, 0.2) is 0 Å². The first-order valence-corrected chi connectivity index (χ1v) is 10.7. The minimum Gasteiger partial charge on any atom is -0.508 e. The molecule has 0 fully saturated rings. The van der Waals surface area contributed by atoms with E-state index in [1.165, 1.54) is 16.4 Å². The molecule has 0 aliphatic rings. The number of nitrogens with one attached hydrogen (secondary N) is 1. The molecule has 2 aromatic heterocycles. The summed E-state index contributed by atoms with van der Waals surface area (Å²) < 4.78 is 1.53. The second-order valence-electron chi connectivity index (χ2n) is 6.10. The molecule has 2 aromatic carbocycles. The summed E-state index contributed by atoms with van der Waals surface area (Å²) in [6, 6.07) is 20.2. The van der Waals surface area contributed by atoms with Crippen molar-refractivity contribution in [1.82, 2.24) is 25.5 Å². The molecule has 0 saturated carbocycles. The van der Waals surface area contributed by atoms with Gasteiger partial charge in [-0.3, -0.25) is 4.79 Å². The molecule has 0 aliphatic heterocycles. The van der Waals surface area contributed by atoms with Gasteiger partial charge in [-0.2, -0.15) is 4.68 Å². The van der Waals surface area contributed by atoms with Crippen LogP contribution < -0.4 is 5.32 Å². The Morgan fingerprint density at radius 3 is 2.62 bits per heavy atom. The number of thiophene rings is 1. The van der Waals surface area contributed by atoms with E-state index in [1.807, 2.05) is 47.8 Å². The first-order valence-electron chi connectivity index (χ1n) is 8.79. The monoisotopic (exact) mass is 423 g/mol. The summed E-state index contributed by atoms with van der Waals surface area (Å²) in [6.45, 7) is 0. The number of benzene rings is 2. The van der Waals surface area contributed by atoms with Crippen LogP contribution in [0.1, 0.15) is 16.5 Å². The summed E-state index contributed by atoms with van der Waals surface area (Å²) in [5, 5.41) is 26.7. The molecule has 2 heterocycles. The van der Waals surface area contributed by atoms with E-state index in [0.29, 0.717) is 10.8 Å². The molecule has 2 N–H and O–H groups in total. The number of amides is 1. The van der Waals surface area contributed by atoms with Crippen LogP contribution in [0.25, 0.3) is 5.69 Å². The van der Waals surface area contributed by atoms with Crippen molar-refractivity contribution >= 4 is 29.0 Å². The highest BCUT2D eigenvalue weighted by atomic mass is 32.2. The third-order valence-electron chi connectivity index (χ3n) is 4.13. The number of carbonyl (C=O) groups excluding carboxylic acids is 1. The van der Waals surface area contributed by atoms with E-state index in [-0.39, 0.29) is 23.5 Å². The van der Waals surface area contributed by atoms with Gasteiger partial charge < -0.3 is 10.4 Å². The average molecular weight is 424 g/mol. The Morgan fingerprint density at radius 2 is 1.90 bits per heavy atom. The Hall–Kier alpha value is -3.17. The van der Waals surface area contributed by atoms with Crippen LogP contribution in [-0.2, 0) is 4.79 Å². The van der Waals surface area contributed by atoms with Gasteiger partial charge in [-0.05, 0) is 51.7 Å². The third-order valence-corrected chi connectivity index (χ3v) is 5.99. The predicted octanol–water partition coefficient (Wildman–Crippen LogP) is 3.43. The Kier molecular flexibility index (Phi) is 5.87. The fourth-order valence-electron chi connectivity index (χ4n) is 2.78. The minimum atomic E-state index is -0.197. The molecule has 1 atom stereocenters. The van der Waals surface area contributed by atoms with Crippen molar-refractivity contribution < 1.29 is 9.90 Å². The molecule has 29 heavy (non-hydrogen) atoms. The SMILES string of the molecule is O=C(CSc1nnnn1-c1ccc(O)cc1)N[C@@H](c1ccccc1)c1cccs1. The smallest absolute Gasteiger partial charge is 0.231 e. The zero-order valence-electron chi connectivity index (χ0n) is 15.2. The molecule has 0 bridgehead atoms. The van der Waals surface area contributed by atoms with Crippen molar-refractivity contribution in [2.75, 3.05) is 5.75 Å². The molecule has 0 saturated heterocycles. The molecule has 4 aromatic rings. The second-order valence-corrected chi connectivity index (χ2v) is 8.03. The van der Waals surface area contributed by atoms with E-state index in [2.05, 4.69) is 20.8 Å². The maximum atomic E-state index is 12.7. The second kappa shape index (κ2) is 8.89. The fourth-order valence-corrected chi connectivity index (χ4v) is 4.28. The van der Waals surface area contributed by atoms with E-state index in [4.69, 9.17) is 0 Å². The predicted molar refractivity (Wildman–Crippen MR) is 112 cm³/mol. The standard InChI is InChI=1S/C20H17N5O2S2/c26-16-10-8-15(9-11-16)25-20(22-23-24-25)29-13-18(27)21-19(17-7-4-12-28-17)14-5-2-1-3-6-14/h1-12,19,26H,13H2,(H,21,27)/t19-/m0/s1. The number of phenols is 1. The number of aromatic nitrogens is 4. The van der Waals surface area contributed by atoms with Gasteiger partial charge in [-0.25, -0.2) is 0 Å². The van der Waals surface area contributed by atoms with Crippen LogP contribution >= 0.6 is 23.1 Å². The minimum absolute atomic E-state index is 0.113. The van der Waals surface area contributed by atoms with E-state index in [1.54, 1.807) is 35.6 Å². The topological polar surface area (TPSA) is 92.9 Å². The molecular formula is C20H17N5O2S2. The van der Waals surface area contributed by atoms with Crippen molar-refractivity contribution in [3.05, 3.63) is 82.6 Å². The Bertz CT molecular complexity index is 1070. The highest BCUT2D eigenvalue weighted by molar-refractivity contribution is 7.99. The summed E-state index contributed by atoms with van der Waals surface area (Å²) in [6.07, 6.45) is 0. The van der Waals surface area contributed by atoms with Crippen LogP contribution in [0.2, 0.25) is 0 Å². The number of aromatic hydroxyl groups is 1. The third kappa shape index (κ3) is 4.64. The van der Waals surface area contributed by atoms with E-state index in [0.717, 1.165) is 10.4 Å². The molecule has 1 amide bonds. The highest BCUT2D eigenvalue weighted by Gasteiger charge is 2.19. The summed E-state index contributed by atoms with van der Waals surface area (Å²) in [5.41, 5.74) is 1.73. The number of rotatable bonds is 7. The number of hydrogen-bond donors (Lipinski definition) is 2. The number of hydrogen-bond acceptors (Lipinski definition) is 7. The highest BCUT2D eigenvalue weighted by Crippen LogP contribution is 2.26. The number of thioether (sulfide) groups is 1. The van der Waals surface area contributed by atoms with E-state index >= 15 is 0 Å². The summed E-state index contributed by atoms with van der Waals surface area (Å²) >= 11 is 2.86. The number of phenolic OH excluding ortho intramolecular Hbond substituents is 1. The fraction of sp³-hybridized carbons (Fsp3) is 0.100. The zero-order chi connectivity index (χ0) is 20.1. The zero-order valence-corrected chi connectivity index (χ0v) is 16.8. The Labute approximate surface area is 175 Å². The van der Waals surface area contributed by atoms with Crippen LogP contribution in [0.3, 0.4) is 0 Å². The van der Waals surface area contributed by atoms with Crippen molar-refractivity contribution in [2.45, 2.75) is 11.2 Å². The van der Waals surface area contributed by atoms with Gasteiger partial charge in [-0.15, -0.1) is 16.4 Å². The molecule has 0 radical (unpaired) electrons. The van der Waals surface area contributed by atoms with Crippen LogP contribution in [0.5, 0.6) is 5.75 Å². The van der Waals surface area contributed by atoms with Gasteiger partial charge in [0.05, 0.1) is 17.5 Å². The van der Waals surface area contributed by atoms with Gasteiger partial charge in [0.2, 0.25) is 11.1 Å². The lowest BCUT2D eigenvalue weighted by Gasteiger charge is -2.18. The van der Waals surface area contributed by atoms with Gasteiger partial charge in [0.25, 0.3) is 0 Å². The quantitative estimate of drug-likeness (QED) is 0.443. The lowest BCUT2D eigenvalue weighted by Crippen LogP contribution is -2.30. The Balaban J connectivity index is 1.45. The molecule has 4 rings (SSSR count). The summed E-state index contributed by atoms with van der Waals surface area (Å²) in [5.74, 6) is 0.223. The van der Waals surface area contributed by atoms with E-state index < -0.39 is 0 Å². The molecule has 0 aliphatic carbocycles. The first-order chi connectivity index (χ1) is 14.2. The van der Waals surface area contributed by atoms with Crippen LogP contribution in [0, 0.1) is 0 Å². The van der Waals surface area contributed by atoms with Crippen molar-refractivity contribution in [1.29, 1.82) is 0 Å². The van der Waals surface area contributed by atoms with Gasteiger partial charge >= 0.3 is 0 Å². The average Bonchev–Trinajstić information content (AvgIpc) is 3.44. The Morgan fingerprint density at radius 1 is 1.10 bits per heavy atom. The van der Waals surface area contributed by atoms with Crippen LogP contribution in [0.15, 0.2) is 77.3 Å². The molecular weight excluding hydrogens is 406 g/mol. The van der Waals surface area contributed by atoms with Crippen molar-refractivity contribution in [3.63, 3.8) is 0 Å². The lowest BCUT2D eigenvalue weighted by atomic mass is 10.1. The van der Waals surface area contributed by atoms with Crippen molar-refractivity contribution in [2.24, 2.45) is 0 Å². The molecule has 9 heteroatoms. The largest absolute Gasteiger partial charge is 0.508 e.